The Morgan fingerprint density at radius 1 is 0.346 bits per heavy atom. The normalized spacial score (nSPS) is 12.2. The zero-order chi connectivity index (χ0) is 33.9. The van der Waals surface area contributed by atoms with Crippen molar-refractivity contribution in [2.75, 3.05) is 0 Å². The highest BCUT2D eigenvalue weighted by atomic mass is 15.0. The van der Waals surface area contributed by atoms with Gasteiger partial charge >= 0.3 is 0 Å². The van der Waals surface area contributed by atoms with Crippen LogP contribution in [-0.2, 0) is 0 Å². The number of benzene rings is 8. The van der Waals surface area contributed by atoms with Crippen LogP contribution in [0.1, 0.15) is 0 Å². The van der Waals surface area contributed by atoms with Crippen LogP contribution in [0.25, 0.3) is 110 Å². The van der Waals surface area contributed by atoms with Gasteiger partial charge in [0, 0.05) is 44.5 Å². The predicted molar refractivity (Wildman–Crippen MR) is 218 cm³/mol. The molecular weight excluding hydrogens is 631 g/mol. The first kappa shape index (κ1) is 27.8. The monoisotopic (exact) mass is 659 g/mol. The maximum absolute atomic E-state index is 4.68. The molecule has 52 heavy (non-hydrogen) atoms. The first-order valence-electron chi connectivity index (χ1n) is 17.9. The van der Waals surface area contributed by atoms with Crippen LogP contribution in [0.2, 0.25) is 0 Å². The molecule has 0 saturated carbocycles. The molecule has 0 atom stereocenters. The van der Waals surface area contributed by atoms with E-state index in [1.165, 1.54) is 98.8 Å². The van der Waals surface area contributed by atoms with Crippen molar-refractivity contribution in [2.24, 2.45) is 0 Å². The topological polar surface area (TPSA) is 22.8 Å². The van der Waals surface area contributed by atoms with Gasteiger partial charge in [-0.1, -0.05) is 91.0 Å². The highest BCUT2D eigenvalue weighted by Crippen LogP contribution is 2.48. The Hall–Kier alpha value is -6.97. The number of fused-ring (bicyclic) bond motifs is 10. The first-order chi connectivity index (χ1) is 25.8. The van der Waals surface area contributed by atoms with E-state index in [9.17, 15) is 0 Å². The van der Waals surface area contributed by atoms with Gasteiger partial charge in [0.15, 0.2) is 0 Å². The van der Waals surface area contributed by atoms with Crippen molar-refractivity contribution in [3.8, 4) is 44.8 Å². The Bertz CT molecular complexity index is 3280. The second-order valence-corrected chi connectivity index (χ2v) is 14.0. The van der Waals surface area contributed by atoms with Gasteiger partial charge in [-0.15, -0.1) is 0 Å². The molecule has 3 aromatic heterocycles. The van der Waals surface area contributed by atoms with Crippen molar-refractivity contribution in [1.29, 1.82) is 0 Å². The lowest BCUT2D eigenvalue weighted by atomic mass is 10.00. The van der Waals surface area contributed by atoms with Gasteiger partial charge in [-0.05, 0) is 123 Å². The Morgan fingerprint density at radius 2 is 1.00 bits per heavy atom. The van der Waals surface area contributed by atoms with Gasteiger partial charge in [0.25, 0.3) is 0 Å². The van der Waals surface area contributed by atoms with Crippen molar-refractivity contribution >= 4 is 65.3 Å². The minimum atomic E-state index is 1.05. The van der Waals surface area contributed by atoms with E-state index in [1.807, 2.05) is 6.20 Å². The van der Waals surface area contributed by atoms with Gasteiger partial charge in [0.2, 0.25) is 0 Å². The lowest BCUT2D eigenvalue weighted by Gasteiger charge is -2.12. The Labute approximate surface area is 299 Å². The molecule has 240 valence electrons. The van der Waals surface area contributed by atoms with Gasteiger partial charge < -0.3 is 9.13 Å². The number of aromatic nitrogens is 3. The van der Waals surface area contributed by atoms with Crippen molar-refractivity contribution < 1.29 is 0 Å². The molecule has 0 fully saturated rings. The van der Waals surface area contributed by atoms with Crippen LogP contribution in [-0.4, -0.2) is 14.1 Å². The van der Waals surface area contributed by atoms with Crippen LogP contribution in [0.4, 0.5) is 0 Å². The molecule has 12 rings (SSSR count). The van der Waals surface area contributed by atoms with Crippen LogP contribution < -0.4 is 0 Å². The van der Waals surface area contributed by atoms with E-state index in [2.05, 4.69) is 184 Å². The van der Waals surface area contributed by atoms with E-state index in [0.29, 0.717) is 0 Å². The Morgan fingerprint density at radius 3 is 1.83 bits per heavy atom. The second-order valence-electron chi connectivity index (χ2n) is 14.0. The van der Waals surface area contributed by atoms with E-state index in [-0.39, 0.29) is 0 Å². The number of pyridine rings is 1. The maximum atomic E-state index is 4.68. The number of nitrogens with zero attached hydrogens (tertiary/aromatic N) is 3. The smallest absolute Gasteiger partial charge is 0.0714 e. The molecule has 3 nitrogen and oxygen atoms in total. The fraction of sp³-hybridized carbons (Fsp3) is 0. The summed E-state index contributed by atoms with van der Waals surface area (Å²) in [5.41, 5.74) is 15.7. The summed E-state index contributed by atoms with van der Waals surface area (Å²) in [4.78, 5) is 4.68. The fourth-order valence-electron chi connectivity index (χ4n) is 8.96. The molecule has 0 aliphatic heterocycles. The third-order valence-electron chi connectivity index (χ3n) is 11.3. The third-order valence-corrected chi connectivity index (χ3v) is 11.3. The zero-order valence-corrected chi connectivity index (χ0v) is 28.1. The third kappa shape index (κ3) is 3.77. The zero-order valence-electron chi connectivity index (χ0n) is 28.1. The van der Waals surface area contributed by atoms with Crippen LogP contribution in [0, 0.1) is 0 Å². The van der Waals surface area contributed by atoms with E-state index in [0.717, 1.165) is 11.2 Å². The molecule has 3 heterocycles. The molecule has 1 aliphatic rings. The summed E-state index contributed by atoms with van der Waals surface area (Å²) in [5.74, 6) is 0. The minimum absolute atomic E-state index is 1.05. The van der Waals surface area contributed by atoms with Gasteiger partial charge in [0.05, 0.1) is 27.6 Å². The second kappa shape index (κ2) is 10.3. The molecular formula is C49H29N3. The molecule has 11 aromatic rings. The van der Waals surface area contributed by atoms with E-state index in [4.69, 9.17) is 0 Å². The van der Waals surface area contributed by atoms with Crippen molar-refractivity contribution in [1.82, 2.24) is 14.1 Å². The quantitative estimate of drug-likeness (QED) is 0.185. The highest BCUT2D eigenvalue weighted by Gasteiger charge is 2.23. The number of rotatable bonds is 3. The van der Waals surface area contributed by atoms with E-state index in [1.54, 1.807) is 0 Å². The summed E-state index contributed by atoms with van der Waals surface area (Å²) >= 11 is 0. The highest BCUT2D eigenvalue weighted by molar-refractivity contribution is 6.17. The van der Waals surface area contributed by atoms with Crippen LogP contribution in [0.5, 0.6) is 0 Å². The predicted octanol–water partition coefficient (Wildman–Crippen LogP) is 12.9. The summed E-state index contributed by atoms with van der Waals surface area (Å²) in [6, 6.07) is 62.4. The van der Waals surface area contributed by atoms with Crippen molar-refractivity contribution in [3.63, 3.8) is 0 Å². The van der Waals surface area contributed by atoms with Gasteiger partial charge in [-0.3, -0.25) is 4.98 Å². The van der Waals surface area contributed by atoms with E-state index >= 15 is 0 Å². The molecule has 0 radical (unpaired) electrons. The van der Waals surface area contributed by atoms with Crippen molar-refractivity contribution in [2.45, 2.75) is 0 Å². The Kier molecular flexibility index (Phi) is 5.50. The SMILES string of the molecule is c1ccc(-n2c3ccccc3c3cc(-c4ccc5c(c4)c4cc6ccccc6cc4n5-c4ccc5c(c4)-c4cccc6nccc-5c46)ccc32)cc1. The van der Waals surface area contributed by atoms with Crippen LogP contribution in [0.15, 0.2) is 176 Å². The number of hydrogen-bond acceptors (Lipinski definition) is 1. The molecule has 0 unspecified atom stereocenters. The summed E-state index contributed by atoms with van der Waals surface area (Å²) in [5, 5.41) is 8.76. The van der Waals surface area contributed by atoms with E-state index < -0.39 is 0 Å². The first-order valence-corrected chi connectivity index (χ1v) is 17.9. The molecule has 8 aromatic carbocycles. The average molecular weight is 660 g/mol. The summed E-state index contributed by atoms with van der Waals surface area (Å²) in [7, 11) is 0. The van der Waals surface area contributed by atoms with Crippen molar-refractivity contribution in [3.05, 3.63) is 176 Å². The fourth-order valence-corrected chi connectivity index (χ4v) is 8.96. The Balaban J connectivity index is 1.09. The summed E-state index contributed by atoms with van der Waals surface area (Å²) < 4.78 is 4.83. The average Bonchev–Trinajstić information content (AvgIpc) is 3.83. The molecule has 0 amide bonds. The number of hydrogen-bond donors (Lipinski definition) is 0. The summed E-state index contributed by atoms with van der Waals surface area (Å²) in [6.07, 6.45) is 1.93. The van der Waals surface area contributed by atoms with Gasteiger partial charge in [-0.25, -0.2) is 0 Å². The molecule has 0 bridgehead atoms. The van der Waals surface area contributed by atoms with Gasteiger partial charge in [0.1, 0.15) is 0 Å². The molecule has 1 aliphatic carbocycles. The lowest BCUT2D eigenvalue weighted by molar-refractivity contribution is 1.18. The van der Waals surface area contributed by atoms with Crippen LogP contribution >= 0.6 is 0 Å². The standard InChI is InChI=1S/C49H29N3/c1-2-11-34(12-3-1)51-45-16-7-6-13-37(45)41-26-32(17-21-46(41)51)33-18-22-47-42(27-33)43-25-30-9-4-5-10-31(30)28-48(43)52(47)35-19-20-36-39-23-24-50-44-15-8-14-38(49(39)44)40(36)29-35/h1-29H. The molecule has 0 saturated heterocycles. The largest absolute Gasteiger partial charge is 0.309 e. The molecule has 3 heteroatoms. The lowest BCUT2D eigenvalue weighted by Crippen LogP contribution is -1.95. The summed E-state index contributed by atoms with van der Waals surface area (Å²) in [6.45, 7) is 0. The number of para-hydroxylation sites is 2. The minimum Gasteiger partial charge on any atom is -0.309 e. The molecule has 0 spiro atoms. The molecule has 0 N–H and O–H groups in total. The van der Waals surface area contributed by atoms with Gasteiger partial charge in [-0.2, -0.15) is 0 Å². The van der Waals surface area contributed by atoms with Crippen LogP contribution in [0.3, 0.4) is 0 Å². The maximum Gasteiger partial charge on any atom is 0.0714 e.